The van der Waals surface area contributed by atoms with Gasteiger partial charge in [0.1, 0.15) is 11.7 Å². The number of nitrogens with two attached hydrogens (primary N) is 1. The Morgan fingerprint density at radius 2 is 2.05 bits per heavy atom. The molecular formula is C15H23ClN2O4. The molecular weight excluding hydrogens is 308 g/mol. The molecule has 1 aromatic rings. The number of hydrogen-bond acceptors (Lipinski definition) is 5. The third-order valence-electron chi connectivity index (χ3n) is 2.81. The molecule has 0 aliphatic rings. The minimum atomic E-state index is -1.18. The van der Waals surface area contributed by atoms with Crippen molar-refractivity contribution in [2.45, 2.75) is 45.0 Å². The van der Waals surface area contributed by atoms with Crippen LogP contribution in [0.2, 0.25) is 5.02 Å². The van der Waals surface area contributed by atoms with Crippen LogP contribution in [-0.2, 0) is 4.74 Å². The monoisotopic (exact) mass is 330 g/mol. The average Bonchev–Trinajstić information content (AvgIpc) is 2.38. The highest BCUT2D eigenvalue weighted by atomic mass is 35.5. The van der Waals surface area contributed by atoms with Crippen LogP contribution in [0.15, 0.2) is 18.2 Å². The number of amides is 1. The van der Waals surface area contributed by atoms with Gasteiger partial charge in [0.25, 0.3) is 0 Å². The van der Waals surface area contributed by atoms with Crippen molar-refractivity contribution >= 4 is 23.4 Å². The maximum atomic E-state index is 11.5. The third kappa shape index (κ3) is 6.09. The number of anilines is 1. The van der Waals surface area contributed by atoms with E-state index in [0.717, 1.165) is 0 Å². The molecule has 5 N–H and O–H groups in total. The number of halogens is 1. The molecule has 2 unspecified atom stereocenters. The summed E-state index contributed by atoms with van der Waals surface area (Å²) in [5, 5.41) is 22.9. The number of aliphatic hydroxyl groups excluding tert-OH is 2. The summed E-state index contributed by atoms with van der Waals surface area (Å²) in [6.45, 7) is 5.43. The van der Waals surface area contributed by atoms with Crippen molar-refractivity contribution in [1.82, 2.24) is 5.32 Å². The summed E-state index contributed by atoms with van der Waals surface area (Å²) >= 11 is 5.98. The quantitative estimate of drug-likeness (QED) is 0.620. The normalized spacial score (nSPS) is 14.3. The van der Waals surface area contributed by atoms with Crippen molar-refractivity contribution in [3.63, 3.8) is 0 Å². The lowest BCUT2D eigenvalue weighted by Gasteiger charge is -2.21. The molecule has 0 spiro atoms. The fourth-order valence-corrected chi connectivity index (χ4v) is 2.02. The summed E-state index contributed by atoms with van der Waals surface area (Å²) in [4.78, 5) is 11.5. The van der Waals surface area contributed by atoms with Gasteiger partial charge in [-0.2, -0.15) is 0 Å². The first-order valence-corrected chi connectivity index (χ1v) is 7.36. The molecule has 1 amide bonds. The summed E-state index contributed by atoms with van der Waals surface area (Å²) in [6.07, 6.45) is -2.70. The minimum Gasteiger partial charge on any atom is -0.444 e. The lowest BCUT2D eigenvalue weighted by atomic mass is 10.0. The Labute approximate surface area is 135 Å². The number of nitrogen functional groups attached to an aromatic ring is 1. The summed E-state index contributed by atoms with van der Waals surface area (Å²) in [7, 11) is 0. The number of carbonyl (C=O) groups is 1. The van der Waals surface area contributed by atoms with Crippen molar-refractivity contribution in [2.75, 3.05) is 12.3 Å². The van der Waals surface area contributed by atoms with Gasteiger partial charge in [-0.05, 0) is 45.4 Å². The van der Waals surface area contributed by atoms with Gasteiger partial charge in [0.05, 0.1) is 6.10 Å². The highest BCUT2D eigenvalue weighted by molar-refractivity contribution is 6.31. The Balaban J connectivity index is 2.50. The maximum absolute atomic E-state index is 11.5. The van der Waals surface area contributed by atoms with Crippen molar-refractivity contribution in [3.05, 3.63) is 28.8 Å². The predicted molar refractivity (Wildman–Crippen MR) is 85.7 cm³/mol. The van der Waals surface area contributed by atoms with E-state index in [-0.39, 0.29) is 13.0 Å². The zero-order chi connectivity index (χ0) is 16.9. The van der Waals surface area contributed by atoms with E-state index >= 15 is 0 Å². The minimum absolute atomic E-state index is 0.144. The SMILES string of the molecule is CC(C)(C)OC(=O)NCCC(O)C(O)c1cc(N)ccc1Cl. The first-order chi connectivity index (χ1) is 10.1. The Bertz CT molecular complexity index is 517. The molecule has 7 heteroatoms. The van der Waals surface area contributed by atoms with Crippen LogP contribution in [-0.4, -0.2) is 34.6 Å². The number of aliphatic hydroxyl groups is 2. The van der Waals surface area contributed by atoms with Crippen LogP contribution in [0.5, 0.6) is 0 Å². The second-order valence-electron chi connectivity index (χ2n) is 6.01. The van der Waals surface area contributed by atoms with Crippen LogP contribution in [0.3, 0.4) is 0 Å². The second kappa shape index (κ2) is 7.67. The molecule has 0 bridgehead atoms. The number of rotatable bonds is 5. The zero-order valence-corrected chi connectivity index (χ0v) is 13.7. The van der Waals surface area contributed by atoms with E-state index in [2.05, 4.69) is 5.32 Å². The summed E-state index contributed by atoms with van der Waals surface area (Å²) < 4.78 is 5.07. The number of carbonyl (C=O) groups excluding carboxylic acids is 1. The molecule has 2 atom stereocenters. The van der Waals surface area contributed by atoms with Gasteiger partial charge >= 0.3 is 6.09 Å². The standard InChI is InChI=1S/C15H23ClN2O4/c1-15(2,3)22-14(21)18-7-6-12(19)13(20)10-8-9(17)4-5-11(10)16/h4-5,8,12-13,19-20H,6-7,17H2,1-3H3,(H,18,21). The lowest BCUT2D eigenvalue weighted by Crippen LogP contribution is -2.34. The van der Waals surface area contributed by atoms with Gasteiger partial charge in [0.15, 0.2) is 0 Å². The molecule has 1 aromatic carbocycles. The van der Waals surface area contributed by atoms with Gasteiger partial charge in [-0.15, -0.1) is 0 Å². The van der Waals surface area contributed by atoms with Crippen LogP contribution in [0.25, 0.3) is 0 Å². The molecule has 0 saturated carbocycles. The Morgan fingerprint density at radius 1 is 1.41 bits per heavy atom. The van der Waals surface area contributed by atoms with Crippen LogP contribution >= 0.6 is 11.6 Å². The molecule has 0 fully saturated rings. The maximum Gasteiger partial charge on any atom is 0.407 e. The number of hydrogen-bond donors (Lipinski definition) is 4. The van der Waals surface area contributed by atoms with Crippen molar-refractivity contribution < 1.29 is 19.7 Å². The van der Waals surface area contributed by atoms with Crippen molar-refractivity contribution in [3.8, 4) is 0 Å². The van der Waals surface area contributed by atoms with Crippen LogP contribution in [0.1, 0.15) is 38.9 Å². The first-order valence-electron chi connectivity index (χ1n) is 6.98. The van der Waals surface area contributed by atoms with Gasteiger partial charge in [-0.3, -0.25) is 0 Å². The van der Waals surface area contributed by atoms with E-state index in [9.17, 15) is 15.0 Å². The Morgan fingerprint density at radius 3 is 2.64 bits per heavy atom. The first kappa shape index (κ1) is 18.5. The number of nitrogens with one attached hydrogen (secondary N) is 1. The van der Waals surface area contributed by atoms with Crippen LogP contribution < -0.4 is 11.1 Å². The van der Waals surface area contributed by atoms with E-state index in [1.165, 1.54) is 6.07 Å². The van der Waals surface area contributed by atoms with Crippen LogP contribution in [0.4, 0.5) is 10.5 Å². The van der Waals surface area contributed by atoms with Gasteiger partial charge in [-0.25, -0.2) is 4.79 Å². The molecule has 1 rings (SSSR count). The van der Waals surface area contributed by atoms with Crippen molar-refractivity contribution in [1.29, 1.82) is 0 Å². The van der Waals surface area contributed by atoms with E-state index in [1.807, 2.05) is 0 Å². The average molecular weight is 331 g/mol. The third-order valence-corrected chi connectivity index (χ3v) is 3.16. The smallest absolute Gasteiger partial charge is 0.407 e. The Hall–Kier alpha value is -1.50. The van der Waals surface area contributed by atoms with Crippen LogP contribution in [0, 0.1) is 0 Å². The molecule has 22 heavy (non-hydrogen) atoms. The second-order valence-corrected chi connectivity index (χ2v) is 6.42. The van der Waals surface area contributed by atoms with Gasteiger partial charge in [0, 0.05) is 22.8 Å². The lowest BCUT2D eigenvalue weighted by molar-refractivity contribution is 0.0124. The van der Waals surface area contributed by atoms with E-state index in [0.29, 0.717) is 16.3 Å². The van der Waals surface area contributed by atoms with E-state index in [1.54, 1.807) is 32.9 Å². The molecule has 0 aromatic heterocycles. The molecule has 124 valence electrons. The fraction of sp³-hybridized carbons (Fsp3) is 0.533. The summed E-state index contributed by atoms with van der Waals surface area (Å²) in [5.41, 5.74) is 5.85. The van der Waals surface area contributed by atoms with Gasteiger partial charge in [-0.1, -0.05) is 11.6 Å². The molecule has 0 aliphatic heterocycles. The van der Waals surface area contributed by atoms with E-state index in [4.69, 9.17) is 22.1 Å². The Kier molecular flexibility index (Phi) is 6.47. The number of alkyl carbamates (subject to hydrolysis) is 1. The highest BCUT2D eigenvalue weighted by Crippen LogP contribution is 2.28. The summed E-state index contributed by atoms with van der Waals surface area (Å²) in [6, 6.07) is 4.67. The van der Waals surface area contributed by atoms with Gasteiger partial charge < -0.3 is 26.0 Å². The summed E-state index contributed by atoms with van der Waals surface area (Å²) in [5.74, 6) is 0. The van der Waals surface area contributed by atoms with E-state index < -0.39 is 23.9 Å². The molecule has 0 aliphatic carbocycles. The zero-order valence-electron chi connectivity index (χ0n) is 13.0. The molecule has 0 saturated heterocycles. The molecule has 0 heterocycles. The highest BCUT2D eigenvalue weighted by Gasteiger charge is 2.22. The molecule has 6 nitrogen and oxygen atoms in total. The molecule has 0 radical (unpaired) electrons. The number of ether oxygens (including phenoxy) is 1. The predicted octanol–water partition coefficient (Wildman–Crippen LogP) is 2.23. The van der Waals surface area contributed by atoms with Crippen molar-refractivity contribution in [2.24, 2.45) is 0 Å². The largest absolute Gasteiger partial charge is 0.444 e. The van der Waals surface area contributed by atoms with Gasteiger partial charge in [0.2, 0.25) is 0 Å². The fourth-order valence-electron chi connectivity index (χ4n) is 1.79. The topological polar surface area (TPSA) is 105 Å². The number of benzene rings is 1.